The van der Waals surface area contributed by atoms with Crippen LogP contribution in [0.5, 0.6) is 0 Å². The molecule has 1 atom stereocenters. The lowest BCUT2D eigenvalue weighted by molar-refractivity contribution is -0.117. The van der Waals surface area contributed by atoms with Gasteiger partial charge in [-0.25, -0.2) is 4.98 Å². The van der Waals surface area contributed by atoms with Gasteiger partial charge in [0, 0.05) is 26.4 Å². The molecule has 0 spiro atoms. The van der Waals surface area contributed by atoms with Gasteiger partial charge in [-0.2, -0.15) is 0 Å². The minimum atomic E-state index is -0.523. The number of nitrogens with one attached hydrogen (secondary N) is 1. The molecule has 1 N–H and O–H groups in total. The van der Waals surface area contributed by atoms with Gasteiger partial charge in [0.1, 0.15) is 11.9 Å². The molecule has 0 aliphatic carbocycles. The Bertz CT molecular complexity index is 877. The van der Waals surface area contributed by atoms with Crippen LogP contribution in [0.15, 0.2) is 42.6 Å². The number of nitrogens with zero attached hydrogens (tertiary/aromatic N) is 3. The van der Waals surface area contributed by atoms with Crippen molar-refractivity contribution in [3.8, 4) is 0 Å². The SMILES string of the molecule is CCC[C@H]1C(=O)Nc2ccccc2N1C(=O)c1ccc(N2CC(OC)C2)nc1. The van der Waals surface area contributed by atoms with Crippen molar-refractivity contribution in [2.24, 2.45) is 0 Å². The first-order chi connectivity index (χ1) is 13.6. The summed E-state index contributed by atoms with van der Waals surface area (Å²) in [5.74, 6) is 0.467. The minimum Gasteiger partial charge on any atom is -0.378 e. The molecule has 28 heavy (non-hydrogen) atoms. The summed E-state index contributed by atoms with van der Waals surface area (Å²) in [5.41, 5.74) is 1.85. The lowest BCUT2D eigenvalue weighted by Crippen LogP contribution is -2.52. The van der Waals surface area contributed by atoms with Gasteiger partial charge in [-0.05, 0) is 30.7 Å². The quantitative estimate of drug-likeness (QED) is 0.863. The van der Waals surface area contributed by atoms with Crippen LogP contribution in [-0.4, -0.2) is 49.1 Å². The molecule has 1 fully saturated rings. The number of fused-ring (bicyclic) bond motifs is 1. The number of benzene rings is 1. The molecule has 7 nitrogen and oxygen atoms in total. The van der Waals surface area contributed by atoms with E-state index in [9.17, 15) is 9.59 Å². The highest BCUT2D eigenvalue weighted by atomic mass is 16.5. The fraction of sp³-hybridized carbons (Fsp3) is 0.381. The second-order valence-electron chi connectivity index (χ2n) is 7.15. The van der Waals surface area contributed by atoms with Gasteiger partial charge >= 0.3 is 0 Å². The molecule has 0 unspecified atom stereocenters. The van der Waals surface area contributed by atoms with Gasteiger partial charge in [-0.1, -0.05) is 25.5 Å². The number of rotatable bonds is 5. The van der Waals surface area contributed by atoms with Crippen molar-refractivity contribution in [2.45, 2.75) is 31.9 Å². The first kappa shape index (κ1) is 18.4. The molecule has 2 amide bonds. The van der Waals surface area contributed by atoms with Gasteiger partial charge in [0.05, 0.1) is 23.0 Å². The smallest absolute Gasteiger partial charge is 0.260 e. The molecular formula is C21H24N4O3. The van der Waals surface area contributed by atoms with E-state index >= 15 is 0 Å². The van der Waals surface area contributed by atoms with E-state index in [1.165, 1.54) is 0 Å². The highest BCUT2D eigenvalue weighted by Crippen LogP contribution is 2.34. The normalized spacial score (nSPS) is 19.1. The Morgan fingerprint density at radius 1 is 1.25 bits per heavy atom. The molecule has 3 heterocycles. The summed E-state index contributed by atoms with van der Waals surface area (Å²) in [6.45, 7) is 3.61. The van der Waals surface area contributed by atoms with Gasteiger partial charge in [0.25, 0.3) is 5.91 Å². The maximum absolute atomic E-state index is 13.3. The number of ether oxygens (including phenoxy) is 1. The fourth-order valence-electron chi connectivity index (χ4n) is 3.69. The molecule has 0 saturated carbocycles. The van der Waals surface area contributed by atoms with Crippen LogP contribution >= 0.6 is 0 Å². The first-order valence-electron chi connectivity index (χ1n) is 9.59. The average molecular weight is 380 g/mol. The number of para-hydroxylation sites is 2. The van der Waals surface area contributed by atoms with Gasteiger partial charge < -0.3 is 15.0 Å². The average Bonchev–Trinajstić information content (AvgIpc) is 2.68. The fourth-order valence-corrected chi connectivity index (χ4v) is 3.69. The summed E-state index contributed by atoms with van der Waals surface area (Å²) < 4.78 is 5.29. The van der Waals surface area contributed by atoms with E-state index in [4.69, 9.17) is 4.74 Å². The number of aromatic nitrogens is 1. The molecule has 1 aromatic carbocycles. The third kappa shape index (κ3) is 3.22. The van der Waals surface area contributed by atoms with Gasteiger partial charge in [0.15, 0.2) is 0 Å². The molecule has 2 aliphatic heterocycles. The maximum Gasteiger partial charge on any atom is 0.260 e. The Balaban J connectivity index is 1.61. The predicted octanol–water partition coefficient (Wildman–Crippen LogP) is 2.68. The number of carbonyl (C=O) groups excluding carboxylic acids is 2. The van der Waals surface area contributed by atoms with Crippen molar-refractivity contribution in [1.82, 2.24) is 4.98 Å². The molecule has 0 bridgehead atoms. The Kier molecular flexibility index (Phi) is 5.00. The first-order valence-corrected chi connectivity index (χ1v) is 9.59. The summed E-state index contributed by atoms with van der Waals surface area (Å²) in [7, 11) is 1.70. The molecule has 1 saturated heterocycles. The predicted molar refractivity (Wildman–Crippen MR) is 108 cm³/mol. The number of carbonyl (C=O) groups is 2. The second-order valence-corrected chi connectivity index (χ2v) is 7.15. The third-order valence-corrected chi connectivity index (χ3v) is 5.32. The van der Waals surface area contributed by atoms with E-state index < -0.39 is 6.04 Å². The molecule has 7 heteroatoms. The van der Waals surface area contributed by atoms with Crippen LogP contribution in [0.25, 0.3) is 0 Å². The largest absolute Gasteiger partial charge is 0.378 e. The number of amides is 2. The monoisotopic (exact) mass is 380 g/mol. The van der Waals surface area contributed by atoms with Crippen molar-refractivity contribution in [3.63, 3.8) is 0 Å². The topological polar surface area (TPSA) is 74.8 Å². The van der Waals surface area contributed by atoms with Crippen LogP contribution in [0.4, 0.5) is 17.2 Å². The van der Waals surface area contributed by atoms with Crippen LogP contribution in [0.2, 0.25) is 0 Å². The standard InChI is InChI=1S/C21H24N4O3/c1-3-6-18-20(26)23-16-7-4-5-8-17(16)25(18)21(27)14-9-10-19(22-11-14)24-12-15(13-24)28-2/h4-5,7-11,15,18H,3,6,12-13H2,1-2H3,(H,23,26)/t18-/m0/s1. The highest BCUT2D eigenvalue weighted by Gasteiger charge is 2.36. The van der Waals surface area contributed by atoms with Crippen LogP contribution in [0.1, 0.15) is 30.1 Å². The summed E-state index contributed by atoms with van der Waals surface area (Å²) in [6, 6.07) is 10.5. The van der Waals surface area contributed by atoms with Gasteiger partial charge in [-0.15, -0.1) is 0 Å². The minimum absolute atomic E-state index is 0.148. The Labute approximate surface area is 164 Å². The second kappa shape index (κ2) is 7.59. The van der Waals surface area contributed by atoms with Crippen molar-refractivity contribution in [1.29, 1.82) is 0 Å². The van der Waals surface area contributed by atoms with Crippen molar-refractivity contribution in [2.75, 3.05) is 35.3 Å². The Hall–Kier alpha value is -2.93. The molecule has 2 aromatic rings. The number of hydrogen-bond donors (Lipinski definition) is 1. The van der Waals surface area contributed by atoms with Gasteiger partial charge in [-0.3, -0.25) is 14.5 Å². The number of methoxy groups -OCH3 is 1. The number of anilines is 3. The van der Waals surface area contributed by atoms with E-state index in [0.29, 0.717) is 17.7 Å². The van der Waals surface area contributed by atoms with Crippen LogP contribution in [0.3, 0.4) is 0 Å². The number of hydrogen-bond acceptors (Lipinski definition) is 5. The maximum atomic E-state index is 13.3. The van der Waals surface area contributed by atoms with E-state index in [2.05, 4.69) is 15.2 Å². The summed E-state index contributed by atoms with van der Waals surface area (Å²) in [4.78, 5) is 34.1. The van der Waals surface area contributed by atoms with Crippen molar-refractivity contribution < 1.29 is 14.3 Å². The van der Waals surface area contributed by atoms with Crippen molar-refractivity contribution in [3.05, 3.63) is 48.2 Å². The lowest BCUT2D eigenvalue weighted by atomic mass is 10.0. The third-order valence-electron chi connectivity index (χ3n) is 5.32. The van der Waals surface area contributed by atoms with Crippen molar-refractivity contribution >= 4 is 29.0 Å². The molecule has 146 valence electrons. The van der Waals surface area contributed by atoms with Gasteiger partial charge in [0.2, 0.25) is 5.91 Å². The zero-order chi connectivity index (χ0) is 19.7. The summed E-state index contributed by atoms with van der Waals surface area (Å²) in [5, 5.41) is 2.91. The van der Waals surface area contributed by atoms with E-state index in [-0.39, 0.29) is 17.9 Å². The molecule has 4 rings (SSSR count). The molecule has 1 aromatic heterocycles. The highest BCUT2D eigenvalue weighted by molar-refractivity contribution is 6.16. The molecule has 0 radical (unpaired) electrons. The summed E-state index contributed by atoms with van der Waals surface area (Å²) >= 11 is 0. The van der Waals surface area contributed by atoms with Crippen LogP contribution in [0, 0.1) is 0 Å². The Morgan fingerprint density at radius 3 is 2.71 bits per heavy atom. The lowest BCUT2D eigenvalue weighted by Gasteiger charge is -2.39. The molecular weight excluding hydrogens is 356 g/mol. The van der Waals surface area contributed by atoms with Crippen LogP contribution in [-0.2, 0) is 9.53 Å². The van der Waals surface area contributed by atoms with E-state index in [1.54, 1.807) is 24.3 Å². The zero-order valence-electron chi connectivity index (χ0n) is 16.1. The molecule has 2 aliphatic rings. The number of pyridine rings is 1. The Morgan fingerprint density at radius 2 is 2.04 bits per heavy atom. The zero-order valence-corrected chi connectivity index (χ0v) is 16.1. The van der Waals surface area contributed by atoms with E-state index in [1.807, 2.05) is 37.3 Å². The summed E-state index contributed by atoms with van der Waals surface area (Å²) in [6.07, 6.45) is 3.23. The van der Waals surface area contributed by atoms with E-state index in [0.717, 1.165) is 31.0 Å². The van der Waals surface area contributed by atoms with Crippen LogP contribution < -0.4 is 15.1 Å².